The number of Topliss-reactive ketones (excluding diaryl/α,β-unsaturated/α-hetero) is 1. The van der Waals surface area contributed by atoms with Crippen LogP contribution in [0.25, 0.3) is 5.82 Å². The molecule has 2 aromatic heterocycles. The normalized spacial score (nSPS) is 10.3. The van der Waals surface area contributed by atoms with Gasteiger partial charge < -0.3 is 4.74 Å². The molecule has 6 heteroatoms. The SMILES string of the molecule is COc1cncc(-n2ncc(C(C)=O)c2C)n1. The maximum absolute atomic E-state index is 11.3. The number of carbonyl (C=O) groups is 1. The number of ketones is 1. The zero-order valence-corrected chi connectivity index (χ0v) is 9.84. The molecule has 0 aliphatic heterocycles. The lowest BCUT2D eigenvalue weighted by molar-refractivity contribution is 0.101. The summed E-state index contributed by atoms with van der Waals surface area (Å²) in [5, 5.41) is 4.12. The van der Waals surface area contributed by atoms with Gasteiger partial charge in [-0.25, -0.2) is 4.68 Å². The van der Waals surface area contributed by atoms with Crippen LogP contribution in [-0.2, 0) is 0 Å². The van der Waals surface area contributed by atoms with Gasteiger partial charge in [0.15, 0.2) is 11.6 Å². The highest BCUT2D eigenvalue weighted by Crippen LogP contribution is 2.14. The fourth-order valence-corrected chi connectivity index (χ4v) is 1.52. The molecule has 0 bridgehead atoms. The Labute approximate surface area is 98.3 Å². The number of nitrogens with zero attached hydrogens (tertiary/aromatic N) is 4. The average Bonchev–Trinajstić information content (AvgIpc) is 2.71. The molecule has 0 aromatic carbocycles. The number of aromatic nitrogens is 4. The lowest BCUT2D eigenvalue weighted by atomic mass is 10.2. The van der Waals surface area contributed by atoms with E-state index in [1.54, 1.807) is 10.9 Å². The quantitative estimate of drug-likeness (QED) is 0.743. The zero-order chi connectivity index (χ0) is 12.4. The number of methoxy groups -OCH3 is 1. The summed E-state index contributed by atoms with van der Waals surface area (Å²) in [6.07, 6.45) is 4.60. The van der Waals surface area contributed by atoms with E-state index >= 15 is 0 Å². The Morgan fingerprint density at radius 2 is 2.12 bits per heavy atom. The molecular formula is C11H12N4O2. The molecule has 2 heterocycles. The minimum Gasteiger partial charge on any atom is -0.480 e. The number of carbonyl (C=O) groups excluding carboxylic acids is 1. The van der Waals surface area contributed by atoms with E-state index in [2.05, 4.69) is 15.1 Å². The molecule has 2 aromatic rings. The van der Waals surface area contributed by atoms with E-state index in [0.717, 1.165) is 5.69 Å². The summed E-state index contributed by atoms with van der Waals surface area (Å²) in [6, 6.07) is 0. The van der Waals surface area contributed by atoms with Crippen LogP contribution in [-0.4, -0.2) is 32.6 Å². The summed E-state index contributed by atoms with van der Waals surface area (Å²) in [7, 11) is 1.52. The highest BCUT2D eigenvalue weighted by molar-refractivity contribution is 5.94. The van der Waals surface area contributed by atoms with Gasteiger partial charge >= 0.3 is 0 Å². The van der Waals surface area contributed by atoms with E-state index in [9.17, 15) is 4.79 Å². The van der Waals surface area contributed by atoms with Crippen LogP contribution >= 0.6 is 0 Å². The van der Waals surface area contributed by atoms with Crippen LogP contribution in [0, 0.1) is 6.92 Å². The van der Waals surface area contributed by atoms with Crippen molar-refractivity contribution in [2.75, 3.05) is 7.11 Å². The molecular weight excluding hydrogens is 220 g/mol. The molecule has 0 radical (unpaired) electrons. The number of hydrogen-bond acceptors (Lipinski definition) is 5. The second-order valence-corrected chi connectivity index (χ2v) is 3.53. The molecule has 0 amide bonds. The maximum Gasteiger partial charge on any atom is 0.234 e. The fraction of sp³-hybridized carbons (Fsp3) is 0.273. The lowest BCUT2D eigenvalue weighted by Gasteiger charge is -2.04. The molecule has 0 spiro atoms. The van der Waals surface area contributed by atoms with Crippen molar-refractivity contribution in [3.63, 3.8) is 0 Å². The van der Waals surface area contributed by atoms with Gasteiger partial charge in [-0.2, -0.15) is 10.1 Å². The predicted octanol–water partition coefficient (Wildman–Crippen LogP) is 1.18. The van der Waals surface area contributed by atoms with Crippen molar-refractivity contribution < 1.29 is 9.53 Å². The van der Waals surface area contributed by atoms with Gasteiger partial charge in [-0.05, 0) is 13.8 Å². The van der Waals surface area contributed by atoms with Gasteiger partial charge in [-0.15, -0.1) is 0 Å². The third-order valence-corrected chi connectivity index (χ3v) is 2.41. The monoisotopic (exact) mass is 232 g/mol. The molecule has 2 rings (SSSR count). The van der Waals surface area contributed by atoms with E-state index in [0.29, 0.717) is 17.3 Å². The van der Waals surface area contributed by atoms with Crippen molar-refractivity contribution in [2.45, 2.75) is 13.8 Å². The van der Waals surface area contributed by atoms with Crippen LogP contribution < -0.4 is 4.74 Å². The van der Waals surface area contributed by atoms with Gasteiger partial charge in [0.2, 0.25) is 5.88 Å². The summed E-state index contributed by atoms with van der Waals surface area (Å²) in [5.74, 6) is 0.903. The topological polar surface area (TPSA) is 69.9 Å². The molecule has 17 heavy (non-hydrogen) atoms. The third-order valence-electron chi connectivity index (χ3n) is 2.41. The summed E-state index contributed by atoms with van der Waals surface area (Å²) >= 11 is 0. The number of rotatable bonds is 3. The standard InChI is InChI=1S/C11H12N4O2/c1-7-9(8(2)16)4-13-15(7)10-5-12-6-11(14-10)17-3/h4-6H,1-3H3. The average molecular weight is 232 g/mol. The second kappa shape index (κ2) is 4.32. The first kappa shape index (κ1) is 11.3. The summed E-state index contributed by atoms with van der Waals surface area (Å²) in [4.78, 5) is 19.5. The van der Waals surface area contributed by atoms with E-state index in [-0.39, 0.29) is 5.78 Å². The van der Waals surface area contributed by atoms with Crippen LogP contribution in [0.1, 0.15) is 23.0 Å². The Bertz CT molecular complexity index is 562. The van der Waals surface area contributed by atoms with Gasteiger partial charge in [-0.3, -0.25) is 9.78 Å². The first-order chi connectivity index (χ1) is 8.13. The Morgan fingerprint density at radius 1 is 1.35 bits per heavy atom. The molecule has 0 atom stereocenters. The maximum atomic E-state index is 11.3. The lowest BCUT2D eigenvalue weighted by Crippen LogP contribution is -2.04. The Hall–Kier alpha value is -2.24. The van der Waals surface area contributed by atoms with Gasteiger partial charge in [0.25, 0.3) is 0 Å². The molecule has 88 valence electrons. The molecule has 0 fully saturated rings. The van der Waals surface area contributed by atoms with Crippen molar-refractivity contribution in [1.29, 1.82) is 0 Å². The first-order valence-electron chi connectivity index (χ1n) is 5.05. The van der Waals surface area contributed by atoms with Crippen molar-refractivity contribution in [3.05, 3.63) is 29.8 Å². The number of ether oxygens (including phenoxy) is 1. The minimum absolute atomic E-state index is 0.0235. The summed E-state index contributed by atoms with van der Waals surface area (Å²) in [5.41, 5.74) is 1.31. The van der Waals surface area contributed by atoms with E-state index in [1.807, 2.05) is 6.92 Å². The molecule has 0 aliphatic carbocycles. The molecule has 6 nitrogen and oxygen atoms in total. The zero-order valence-electron chi connectivity index (χ0n) is 9.84. The van der Waals surface area contributed by atoms with Crippen molar-refractivity contribution in [3.8, 4) is 11.7 Å². The largest absolute Gasteiger partial charge is 0.480 e. The van der Waals surface area contributed by atoms with E-state index in [4.69, 9.17) is 4.74 Å². The van der Waals surface area contributed by atoms with Crippen LogP contribution in [0.2, 0.25) is 0 Å². The highest BCUT2D eigenvalue weighted by Gasteiger charge is 2.12. The fourth-order valence-electron chi connectivity index (χ4n) is 1.52. The van der Waals surface area contributed by atoms with Gasteiger partial charge in [-0.1, -0.05) is 0 Å². The van der Waals surface area contributed by atoms with Crippen LogP contribution in [0.5, 0.6) is 5.88 Å². The summed E-state index contributed by atoms with van der Waals surface area (Å²) < 4.78 is 6.55. The molecule has 0 unspecified atom stereocenters. The second-order valence-electron chi connectivity index (χ2n) is 3.53. The third kappa shape index (κ3) is 2.01. The molecule has 0 saturated carbocycles. The van der Waals surface area contributed by atoms with E-state index in [1.165, 1.54) is 26.4 Å². The molecule has 0 saturated heterocycles. The van der Waals surface area contributed by atoms with E-state index < -0.39 is 0 Å². The minimum atomic E-state index is -0.0235. The Kier molecular flexibility index (Phi) is 2.86. The first-order valence-corrected chi connectivity index (χ1v) is 5.05. The predicted molar refractivity (Wildman–Crippen MR) is 60.4 cm³/mol. The number of hydrogen-bond donors (Lipinski definition) is 0. The van der Waals surface area contributed by atoms with Gasteiger partial charge in [0.1, 0.15) is 0 Å². The van der Waals surface area contributed by atoms with Crippen molar-refractivity contribution in [1.82, 2.24) is 19.7 Å². The Balaban J connectivity index is 2.49. The highest BCUT2D eigenvalue weighted by atomic mass is 16.5. The van der Waals surface area contributed by atoms with Gasteiger partial charge in [0, 0.05) is 0 Å². The van der Waals surface area contributed by atoms with Crippen molar-refractivity contribution >= 4 is 5.78 Å². The summed E-state index contributed by atoms with van der Waals surface area (Å²) in [6.45, 7) is 3.32. The van der Waals surface area contributed by atoms with Crippen LogP contribution in [0.15, 0.2) is 18.6 Å². The Morgan fingerprint density at radius 3 is 2.71 bits per heavy atom. The van der Waals surface area contributed by atoms with Crippen LogP contribution in [0.3, 0.4) is 0 Å². The van der Waals surface area contributed by atoms with Crippen molar-refractivity contribution in [2.24, 2.45) is 0 Å². The van der Waals surface area contributed by atoms with Crippen LogP contribution in [0.4, 0.5) is 0 Å². The molecule has 0 aliphatic rings. The smallest absolute Gasteiger partial charge is 0.234 e. The molecule has 0 N–H and O–H groups in total. The van der Waals surface area contributed by atoms with Gasteiger partial charge in [0.05, 0.1) is 37.0 Å².